The molecule has 1 aromatic rings. The average Bonchev–Trinajstić information content (AvgIpc) is 3.33. The highest BCUT2D eigenvalue weighted by Crippen LogP contribution is 2.36. The number of pyridine rings is 1. The molecule has 1 aromatic heterocycles. The molecule has 1 N–H and O–H groups in total. The van der Waals surface area contributed by atoms with Gasteiger partial charge in [0.25, 0.3) is 0 Å². The van der Waals surface area contributed by atoms with E-state index in [-0.39, 0.29) is 0 Å². The van der Waals surface area contributed by atoms with Gasteiger partial charge in [-0.15, -0.1) is 0 Å². The topological polar surface area (TPSA) is 28.2 Å². The minimum absolute atomic E-state index is 0.747. The number of nitrogens with one attached hydrogen (secondary N) is 1. The van der Waals surface area contributed by atoms with E-state index in [0.29, 0.717) is 0 Å². The smallest absolute Gasteiger partial charge is 0.133 e. The molecule has 4 rings (SSSR count). The van der Waals surface area contributed by atoms with Crippen LogP contribution in [0.4, 0.5) is 5.82 Å². The Kier molecular flexibility index (Phi) is 3.92. The van der Waals surface area contributed by atoms with Crippen LogP contribution in [0.3, 0.4) is 0 Å². The van der Waals surface area contributed by atoms with Gasteiger partial charge in [-0.1, -0.05) is 0 Å². The Labute approximate surface area is 135 Å². The first-order chi connectivity index (χ1) is 10.3. The SMILES string of the molecule is Brc1cnc(N(CC2CC2)CC2CC2)c(CNC2CC2)c1. The Morgan fingerprint density at radius 2 is 1.76 bits per heavy atom. The predicted molar refractivity (Wildman–Crippen MR) is 89.5 cm³/mol. The highest BCUT2D eigenvalue weighted by molar-refractivity contribution is 9.10. The molecule has 3 saturated carbocycles. The van der Waals surface area contributed by atoms with Gasteiger partial charge in [-0.3, -0.25) is 0 Å². The molecule has 3 aliphatic carbocycles. The Balaban J connectivity index is 1.53. The summed E-state index contributed by atoms with van der Waals surface area (Å²) < 4.78 is 1.09. The molecule has 21 heavy (non-hydrogen) atoms. The third-order valence-electron chi connectivity index (χ3n) is 4.72. The number of hydrogen-bond donors (Lipinski definition) is 1. The molecule has 0 aliphatic heterocycles. The van der Waals surface area contributed by atoms with Crippen molar-refractivity contribution < 1.29 is 0 Å². The number of hydrogen-bond acceptors (Lipinski definition) is 3. The predicted octanol–water partition coefficient (Wildman–Crippen LogP) is 3.72. The van der Waals surface area contributed by atoms with E-state index in [9.17, 15) is 0 Å². The summed E-state index contributed by atoms with van der Waals surface area (Å²) in [6.45, 7) is 3.38. The van der Waals surface area contributed by atoms with Gasteiger partial charge in [0.05, 0.1) is 0 Å². The van der Waals surface area contributed by atoms with Gasteiger partial charge >= 0.3 is 0 Å². The fourth-order valence-corrected chi connectivity index (χ4v) is 3.28. The molecule has 3 aliphatic rings. The Morgan fingerprint density at radius 3 is 2.33 bits per heavy atom. The summed E-state index contributed by atoms with van der Waals surface area (Å²) in [6, 6.07) is 3.00. The standard InChI is InChI=1S/C17H24BrN3/c18-15-7-14(8-19-16-5-6-16)17(20-9-15)21(10-12-1-2-12)11-13-3-4-13/h7,9,12-13,16,19H,1-6,8,10-11H2. The van der Waals surface area contributed by atoms with Gasteiger partial charge in [0, 0.05) is 41.9 Å². The van der Waals surface area contributed by atoms with Crippen molar-refractivity contribution in [2.75, 3.05) is 18.0 Å². The lowest BCUT2D eigenvalue weighted by Crippen LogP contribution is -2.31. The van der Waals surface area contributed by atoms with Crippen molar-refractivity contribution >= 4 is 21.7 Å². The molecule has 0 atom stereocenters. The maximum atomic E-state index is 4.78. The second kappa shape index (κ2) is 5.88. The summed E-state index contributed by atoms with van der Waals surface area (Å²) in [5.41, 5.74) is 1.36. The largest absolute Gasteiger partial charge is 0.356 e. The van der Waals surface area contributed by atoms with Gasteiger partial charge < -0.3 is 10.2 Å². The fourth-order valence-electron chi connectivity index (χ4n) is 2.90. The van der Waals surface area contributed by atoms with Crippen molar-refractivity contribution in [3.63, 3.8) is 0 Å². The van der Waals surface area contributed by atoms with Gasteiger partial charge in [0.2, 0.25) is 0 Å². The van der Waals surface area contributed by atoms with E-state index >= 15 is 0 Å². The highest BCUT2D eigenvalue weighted by Gasteiger charge is 2.31. The maximum Gasteiger partial charge on any atom is 0.133 e. The van der Waals surface area contributed by atoms with E-state index < -0.39 is 0 Å². The maximum absolute atomic E-state index is 4.78. The number of halogens is 1. The van der Waals surface area contributed by atoms with Gasteiger partial charge in [-0.2, -0.15) is 0 Å². The van der Waals surface area contributed by atoms with Crippen molar-refractivity contribution in [1.82, 2.24) is 10.3 Å². The van der Waals surface area contributed by atoms with Crippen LogP contribution in [0.5, 0.6) is 0 Å². The van der Waals surface area contributed by atoms with Gasteiger partial charge in [0.15, 0.2) is 0 Å². The third kappa shape index (κ3) is 3.98. The fraction of sp³-hybridized carbons (Fsp3) is 0.706. The van der Waals surface area contributed by atoms with E-state index in [1.54, 1.807) is 0 Å². The molecule has 0 bridgehead atoms. The van der Waals surface area contributed by atoms with Crippen LogP contribution in [0.2, 0.25) is 0 Å². The minimum atomic E-state index is 0.747. The summed E-state index contributed by atoms with van der Waals surface area (Å²) >= 11 is 3.59. The number of rotatable bonds is 8. The van der Waals surface area contributed by atoms with E-state index in [4.69, 9.17) is 4.98 Å². The molecule has 0 saturated heterocycles. The van der Waals surface area contributed by atoms with Crippen LogP contribution < -0.4 is 10.2 Å². The van der Waals surface area contributed by atoms with Crippen molar-refractivity contribution in [1.29, 1.82) is 0 Å². The van der Waals surface area contributed by atoms with Gasteiger partial charge in [0.1, 0.15) is 5.82 Å². The Morgan fingerprint density at radius 1 is 1.10 bits per heavy atom. The molecule has 3 fully saturated rings. The zero-order chi connectivity index (χ0) is 14.2. The lowest BCUT2D eigenvalue weighted by atomic mass is 10.2. The van der Waals surface area contributed by atoms with Crippen LogP contribution in [0.25, 0.3) is 0 Å². The molecular weight excluding hydrogens is 326 g/mol. The van der Waals surface area contributed by atoms with Crippen molar-refractivity contribution in [2.45, 2.75) is 51.1 Å². The minimum Gasteiger partial charge on any atom is -0.356 e. The second-order valence-corrected chi connectivity index (χ2v) is 8.00. The molecular formula is C17H24BrN3. The van der Waals surface area contributed by atoms with Crippen LogP contribution in [0.1, 0.15) is 44.1 Å². The van der Waals surface area contributed by atoms with Crippen LogP contribution in [-0.2, 0) is 6.54 Å². The Bertz CT molecular complexity index is 493. The van der Waals surface area contributed by atoms with Gasteiger partial charge in [-0.25, -0.2) is 4.98 Å². The van der Waals surface area contributed by atoms with Crippen molar-refractivity contribution in [3.05, 3.63) is 22.3 Å². The van der Waals surface area contributed by atoms with E-state index in [1.807, 2.05) is 6.20 Å². The first-order valence-electron chi connectivity index (χ1n) is 8.40. The summed E-state index contributed by atoms with van der Waals surface area (Å²) in [7, 11) is 0. The lowest BCUT2D eigenvalue weighted by molar-refractivity contribution is 0.650. The molecule has 3 nitrogen and oxygen atoms in total. The number of anilines is 1. The normalized spacial score (nSPS) is 21.6. The van der Waals surface area contributed by atoms with Crippen molar-refractivity contribution in [2.24, 2.45) is 11.8 Å². The molecule has 114 valence electrons. The van der Waals surface area contributed by atoms with E-state index in [2.05, 4.69) is 32.2 Å². The monoisotopic (exact) mass is 349 g/mol. The average molecular weight is 350 g/mol. The van der Waals surface area contributed by atoms with E-state index in [1.165, 1.54) is 63.0 Å². The first kappa shape index (κ1) is 14.0. The summed E-state index contributed by atoms with van der Waals surface area (Å²) in [5.74, 6) is 3.06. The van der Waals surface area contributed by atoms with Crippen molar-refractivity contribution in [3.8, 4) is 0 Å². The van der Waals surface area contributed by atoms with Crippen LogP contribution in [0.15, 0.2) is 16.7 Å². The van der Waals surface area contributed by atoms with Crippen LogP contribution in [0, 0.1) is 11.8 Å². The van der Waals surface area contributed by atoms with E-state index in [0.717, 1.165) is 28.9 Å². The number of nitrogens with zero attached hydrogens (tertiary/aromatic N) is 2. The first-order valence-corrected chi connectivity index (χ1v) is 9.20. The van der Waals surface area contributed by atoms with Gasteiger partial charge in [-0.05, 0) is 72.4 Å². The molecule has 1 heterocycles. The summed E-state index contributed by atoms with van der Waals surface area (Å²) in [4.78, 5) is 7.35. The molecule has 0 aromatic carbocycles. The van der Waals surface area contributed by atoms with Crippen LogP contribution in [-0.4, -0.2) is 24.1 Å². The molecule has 0 unspecified atom stereocenters. The zero-order valence-electron chi connectivity index (χ0n) is 12.5. The quantitative estimate of drug-likeness (QED) is 0.775. The summed E-state index contributed by atoms with van der Waals surface area (Å²) in [6.07, 6.45) is 10.3. The summed E-state index contributed by atoms with van der Waals surface area (Å²) in [5, 5.41) is 3.65. The molecule has 0 radical (unpaired) electrons. The Hall–Kier alpha value is -0.610. The lowest BCUT2D eigenvalue weighted by Gasteiger charge is -2.26. The number of aromatic nitrogens is 1. The highest BCUT2D eigenvalue weighted by atomic mass is 79.9. The van der Waals surface area contributed by atoms with Crippen LogP contribution >= 0.6 is 15.9 Å². The molecule has 0 spiro atoms. The second-order valence-electron chi connectivity index (χ2n) is 7.08. The third-order valence-corrected chi connectivity index (χ3v) is 5.15. The molecule has 0 amide bonds. The molecule has 4 heteroatoms. The zero-order valence-corrected chi connectivity index (χ0v) is 14.1.